The Hall–Kier alpha value is -0.349. The summed E-state index contributed by atoms with van der Waals surface area (Å²) in [5.41, 5.74) is -0.879. The largest absolute Gasteiger partial charge is 1.00 e. The molecule has 0 saturated carbocycles. The summed E-state index contributed by atoms with van der Waals surface area (Å²) in [5.74, 6) is -1.21. The van der Waals surface area contributed by atoms with Gasteiger partial charge in [0.25, 0.3) is 0 Å². The number of aromatic nitrogens is 2. The molecule has 0 atom stereocenters. The summed E-state index contributed by atoms with van der Waals surface area (Å²) in [6.07, 6.45) is 3.24. The van der Waals surface area contributed by atoms with Crippen molar-refractivity contribution in [1.82, 2.24) is 9.78 Å². The Morgan fingerprint density at radius 2 is 2.00 bits per heavy atom. The quantitative estimate of drug-likeness (QED) is 0.532. The number of hydrogen-bond acceptors (Lipinski definition) is 2. The Kier molecular flexibility index (Phi) is 6.73. The summed E-state index contributed by atoms with van der Waals surface area (Å²) >= 11 is 0. The third-order valence-electron chi connectivity index (χ3n) is 2.47. The minimum Gasteiger partial charge on any atom is -0.489 e. The van der Waals surface area contributed by atoms with E-state index < -0.39 is 24.0 Å². The Labute approximate surface area is 155 Å². The van der Waals surface area contributed by atoms with E-state index in [1.54, 1.807) is 18.5 Å². The van der Waals surface area contributed by atoms with Crippen molar-refractivity contribution in [3.05, 3.63) is 42.5 Å². The predicted molar refractivity (Wildman–Crippen MR) is 62.8 cm³/mol. The van der Waals surface area contributed by atoms with E-state index >= 15 is 0 Å². The van der Waals surface area contributed by atoms with Crippen LogP contribution >= 0.6 is 0 Å². The zero-order valence-corrected chi connectivity index (χ0v) is 13.9. The molecule has 20 heavy (non-hydrogen) atoms. The van der Waals surface area contributed by atoms with Gasteiger partial charge in [-0.15, -0.1) is 5.46 Å². The maximum Gasteiger partial charge on any atom is 1.00 e. The minimum absolute atomic E-state index is 0. The standard InChI is InChI=1S/C11H10BF4N2O.K/c13-10-3-2-9(12(14,15)16)8-11(10)19-7-6-18-5-1-4-17-18;/h1-5,8H,6-7H2;/q-1;+1. The fraction of sp³-hybridized carbons (Fsp3) is 0.182. The number of nitrogens with zero attached hydrogens (tertiary/aromatic N) is 2. The van der Waals surface area contributed by atoms with Crippen molar-refractivity contribution in [3.8, 4) is 5.75 Å². The number of benzene rings is 1. The van der Waals surface area contributed by atoms with Gasteiger partial charge in [0.05, 0.1) is 6.54 Å². The summed E-state index contributed by atoms with van der Waals surface area (Å²) in [6.45, 7) is -4.80. The molecule has 1 aromatic heterocycles. The van der Waals surface area contributed by atoms with Crippen LogP contribution in [0.4, 0.5) is 17.3 Å². The van der Waals surface area contributed by atoms with Gasteiger partial charge in [0.1, 0.15) is 6.61 Å². The van der Waals surface area contributed by atoms with Crippen molar-refractivity contribution in [2.45, 2.75) is 6.54 Å². The predicted octanol–water partition coefficient (Wildman–Crippen LogP) is -0.840. The van der Waals surface area contributed by atoms with Crippen LogP contribution < -0.4 is 61.6 Å². The summed E-state index contributed by atoms with van der Waals surface area (Å²) in [4.78, 5) is 0. The number of hydrogen-bond donors (Lipinski definition) is 0. The molecule has 0 bridgehead atoms. The van der Waals surface area contributed by atoms with Crippen LogP contribution in [-0.2, 0) is 6.54 Å². The van der Waals surface area contributed by atoms with Gasteiger partial charge in [-0.1, -0.05) is 6.07 Å². The average Bonchev–Trinajstić information content (AvgIpc) is 2.83. The molecule has 0 aliphatic heterocycles. The molecular formula is C11H10BF4KN2O. The first kappa shape index (κ1) is 17.7. The van der Waals surface area contributed by atoms with E-state index in [0.29, 0.717) is 18.7 Å². The fourth-order valence-electron chi connectivity index (χ4n) is 1.52. The SMILES string of the molecule is Fc1ccc([B-](F)(F)F)cc1OCCn1cccn1.[K+]. The van der Waals surface area contributed by atoms with Crippen molar-refractivity contribution >= 4 is 12.4 Å². The molecule has 3 nitrogen and oxygen atoms in total. The number of ether oxygens (including phenoxy) is 1. The third kappa shape index (κ3) is 4.89. The van der Waals surface area contributed by atoms with E-state index in [0.717, 1.165) is 6.07 Å². The van der Waals surface area contributed by atoms with E-state index in [2.05, 4.69) is 5.10 Å². The number of rotatable bonds is 5. The first-order chi connectivity index (χ1) is 8.97. The third-order valence-corrected chi connectivity index (χ3v) is 2.47. The molecule has 2 rings (SSSR count). The van der Waals surface area contributed by atoms with Crippen molar-refractivity contribution in [1.29, 1.82) is 0 Å². The molecule has 2 aromatic rings. The molecule has 0 unspecified atom stereocenters. The van der Waals surface area contributed by atoms with Gasteiger partial charge >= 0.3 is 58.4 Å². The van der Waals surface area contributed by atoms with Gasteiger partial charge in [0, 0.05) is 12.4 Å². The van der Waals surface area contributed by atoms with Crippen LogP contribution in [0.1, 0.15) is 0 Å². The first-order valence-corrected chi connectivity index (χ1v) is 5.56. The molecule has 0 fully saturated rings. The van der Waals surface area contributed by atoms with Gasteiger partial charge < -0.3 is 17.7 Å². The molecular weight excluding hydrogens is 302 g/mol. The van der Waals surface area contributed by atoms with Crippen LogP contribution in [0.15, 0.2) is 36.7 Å². The second-order valence-corrected chi connectivity index (χ2v) is 3.88. The monoisotopic (exact) mass is 312 g/mol. The van der Waals surface area contributed by atoms with E-state index in [1.807, 2.05) is 0 Å². The van der Waals surface area contributed by atoms with Crippen LogP contribution in [0, 0.1) is 5.82 Å². The van der Waals surface area contributed by atoms with Crippen LogP contribution in [0.3, 0.4) is 0 Å². The van der Waals surface area contributed by atoms with Crippen LogP contribution in [0.25, 0.3) is 0 Å². The average molecular weight is 312 g/mol. The Morgan fingerprint density at radius 3 is 2.60 bits per heavy atom. The fourth-order valence-corrected chi connectivity index (χ4v) is 1.52. The molecule has 0 amide bonds. The maximum atomic E-state index is 13.3. The maximum absolute atomic E-state index is 13.3. The van der Waals surface area contributed by atoms with Gasteiger partial charge in [0.2, 0.25) is 0 Å². The smallest absolute Gasteiger partial charge is 0.489 e. The molecule has 0 spiro atoms. The molecule has 102 valence electrons. The number of halogens is 4. The zero-order chi connectivity index (χ0) is 13.9. The zero-order valence-electron chi connectivity index (χ0n) is 10.8. The molecule has 0 aliphatic carbocycles. The topological polar surface area (TPSA) is 27.1 Å². The summed E-state index contributed by atoms with van der Waals surface area (Å²) in [6, 6.07) is 3.84. The van der Waals surface area contributed by atoms with E-state index in [-0.39, 0.29) is 58.0 Å². The molecule has 0 N–H and O–H groups in total. The van der Waals surface area contributed by atoms with Crippen molar-refractivity contribution < 1.29 is 73.5 Å². The van der Waals surface area contributed by atoms with Gasteiger partial charge in [-0.3, -0.25) is 4.68 Å². The molecule has 1 aromatic carbocycles. The second-order valence-electron chi connectivity index (χ2n) is 3.88. The van der Waals surface area contributed by atoms with Crippen molar-refractivity contribution in [3.63, 3.8) is 0 Å². The molecule has 0 aliphatic rings. The molecule has 0 saturated heterocycles. The van der Waals surface area contributed by atoms with Crippen LogP contribution in [-0.4, -0.2) is 23.4 Å². The van der Waals surface area contributed by atoms with Crippen molar-refractivity contribution in [2.24, 2.45) is 0 Å². The van der Waals surface area contributed by atoms with E-state index in [9.17, 15) is 17.3 Å². The summed E-state index contributed by atoms with van der Waals surface area (Å²) in [5, 5.41) is 3.89. The van der Waals surface area contributed by atoms with Crippen molar-refractivity contribution in [2.75, 3.05) is 6.61 Å². The van der Waals surface area contributed by atoms with Gasteiger partial charge in [-0.2, -0.15) is 5.10 Å². The Balaban J connectivity index is 0.00000200. The Morgan fingerprint density at radius 1 is 1.25 bits per heavy atom. The molecule has 1 heterocycles. The Bertz CT molecular complexity index is 548. The molecule has 9 heteroatoms. The van der Waals surface area contributed by atoms with Gasteiger partial charge in [-0.25, -0.2) is 4.39 Å². The van der Waals surface area contributed by atoms with Crippen LogP contribution in [0.2, 0.25) is 0 Å². The first-order valence-electron chi connectivity index (χ1n) is 5.56. The van der Waals surface area contributed by atoms with Gasteiger partial charge in [-0.05, 0) is 18.2 Å². The van der Waals surface area contributed by atoms with Gasteiger partial charge in [0.15, 0.2) is 11.6 Å². The van der Waals surface area contributed by atoms with E-state index in [4.69, 9.17) is 4.74 Å². The molecule has 0 radical (unpaired) electrons. The van der Waals surface area contributed by atoms with Crippen LogP contribution in [0.5, 0.6) is 5.75 Å². The van der Waals surface area contributed by atoms with E-state index in [1.165, 1.54) is 4.68 Å². The summed E-state index contributed by atoms with van der Waals surface area (Å²) < 4.78 is 57.4. The minimum atomic E-state index is -5.16. The summed E-state index contributed by atoms with van der Waals surface area (Å²) in [7, 11) is 0. The normalized spacial score (nSPS) is 11.0. The second kappa shape index (κ2) is 7.60.